The highest BCUT2D eigenvalue weighted by molar-refractivity contribution is 8.00. The molecule has 3 aliphatic rings. The monoisotopic (exact) mass is 1870 g/mol. The predicted molar refractivity (Wildman–Crippen MR) is 486 cm³/mol. The van der Waals surface area contributed by atoms with Crippen molar-refractivity contribution in [3.05, 3.63) is 102 Å². The number of likely N-dealkylation sites (N-methyl/N-ethyl adjacent to an activating group) is 3. The van der Waals surface area contributed by atoms with Crippen molar-refractivity contribution in [2.45, 2.75) is 221 Å². The zero-order chi connectivity index (χ0) is 97.6. The lowest BCUT2D eigenvalue weighted by molar-refractivity contribution is -0.149. The normalized spacial score (nSPS) is 24.9. The second kappa shape index (κ2) is 50.2. The Morgan fingerprint density at radius 3 is 1.65 bits per heavy atom. The average Bonchev–Trinajstić information content (AvgIpc) is 1.56. The number of fused-ring (bicyclic) bond motifs is 4. The number of carbonyl (C=O) groups excluding carboxylic acids is 18. The molecule has 724 valence electrons. The van der Waals surface area contributed by atoms with Crippen LogP contribution in [0.1, 0.15) is 127 Å². The van der Waals surface area contributed by atoms with Crippen LogP contribution in [0.3, 0.4) is 0 Å². The molecule has 27 N–H and O–H groups in total. The van der Waals surface area contributed by atoms with E-state index in [9.17, 15) is 68.1 Å². The summed E-state index contributed by atoms with van der Waals surface area (Å²) in [6.45, 7) is 1.58. The Morgan fingerprint density at radius 1 is 0.519 bits per heavy atom. The van der Waals surface area contributed by atoms with Crippen molar-refractivity contribution in [1.29, 1.82) is 5.41 Å². The number of thioether (sulfide) groups is 1. The summed E-state index contributed by atoms with van der Waals surface area (Å²) in [4.78, 5) is 272. The molecule has 18 amide bonds. The summed E-state index contributed by atoms with van der Waals surface area (Å²) < 4.78 is 0. The van der Waals surface area contributed by atoms with Crippen LogP contribution in [0.15, 0.2) is 85.2 Å². The number of nitrogens with one attached hydrogen (secondary N) is 14. The summed E-state index contributed by atoms with van der Waals surface area (Å²) in [6.07, 6.45) is -0.297. The number of phenols is 1. The van der Waals surface area contributed by atoms with E-state index in [1.165, 1.54) is 52.3 Å². The van der Waals surface area contributed by atoms with Gasteiger partial charge >= 0.3 is 0 Å². The first kappa shape index (κ1) is 105. The third-order valence-electron chi connectivity index (χ3n) is 23.6. The second-order valence-electron chi connectivity index (χ2n) is 33.3. The lowest BCUT2D eigenvalue weighted by atomic mass is 10.00. The summed E-state index contributed by atoms with van der Waals surface area (Å²) >= 11 is 0.747. The molecule has 46 heteroatoms. The minimum atomic E-state index is -1.93. The van der Waals surface area contributed by atoms with Crippen LogP contribution in [0.25, 0.3) is 21.8 Å². The Balaban J connectivity index is 1.19. The van der Waals surface area contributed by atoms with Gasteiger partial charge in [0.05, 0.1) is 31.4 Å². The highest BCUT2D eigenvalue weighted by atomic mass is 32.2. The zero-order valence-electron chi connectivity index (χ0n) is 75.1. The number of rotatable bonds is 26. The summed E-state index contributed by atoms with van der Waals surface area (Å²) in [6, 6.07) is -3.36. The average molecular weight is 1870 g/mol. The minimum Gasteiger partial charge on any atom is -0.508 e. The van der Waals surface area contributed by atoms with Gasteiger partial charge in [-0.15, -0.1) is 11.8 Å². The third-order valence-corrected chi connectivity index (χ3v) is 24.6. The van der Waals surface area contributed by atoms with E-state index in [-0.39, 0.29) is 76.6 Å². The summed E-state index contributed by atoms with van der Waals surface area (Å²) in [5, 5.41) is 70.0. The highest BCUT2D eigenvalue weighted by Gasteiger charge is 2.47. The third kappa shape index (κ3) is 29.5. The van der Waals surface area contributed by atoms with Crippen molar-refractivity contribution in [2.24, 2.45) is 28.7 Å². The molecule has 3 saturated heterocycles. The fourth-order valence-electron chi connectivity index (χ4n) is 16.0. The number of hydrogen-bond acceptors (Lipinski definition) is 24. The molecule has 5 aromatic rings. The smallest absolute Gasteiger partial charge is 0.246 e. The number of unbranched alkanes of at least 4 members (excludes halogenated alkanes) is 2. The molecule has 0 spiro atoms. The number of H-pyrrole nitrogens is 2. The van der Waals surface area contributed by atoms with Crippen LogP contribution in [0.2, 0.25) is 0 Å². The molecular weight excluding hydrogens is 1750 g/mol. The van der Waals surface area contributed by atoms with Crippen LogP contribution in [0.5, 0.6) is 5.75 Å². The standard InChI is InChI=1S/C87H124N24O21S/c1-7-9-22-65-79(125)99-56(21-15-31-94-87(92)93)75(121)106-64(74(120)97-41-71(91)117)44-133-45-72(118)98-59(33-47-25-27-50(113)28-26-47)82(128)107(4)46(3)73(119)102-61(37-70(90)116)85(131)110-32-16-24-66(110)80(126)104-62(38-88)77(123)100-57(29-30-69(89)115)84(130)111-42-51(114)36-68(111)81(127)101-58(34-48-39-95-54-19-13-11-17-52(48)54)76(122)105-63(43-112)78(124)103-60(35-49-40-96-55-20-14-12-18-53(49)55)83(129)109(6)67(23-10-8-2)86(132)108(65)5/h11-14,17-20,25-28,39-40,46,51,56-68,95-96,112-114H,7-10,15-16,21-24,29-38,41-45,88H2,1-6H3,(H2,89,115)(H2,90,116)(H2,91,117)(H,97,120)(H,98,118)(H,99,125)(H,100,123)(H,101,127)(H,102,119)(H,103,124)(H,104,126)(H,105,122)(H,106,121)(H4,92,93,94)/t46-,51+,56-,57-,58-,59-,60-,61-,62-,63-,64-,65-,66-,67-,68-/m0/s1. The maximum absolute atomic E-state index is 15.7. The number of aromatic amines is 2. The van der Waals surface area contributed by atoms with E-state index in [1.807, 2.05) is 13.8 Å². The molecule has 15 atom stereocenters. The topological polar surface area (TPSA) is 702 Å². The van der Waals surface area contributed by atoms with E-state index < -0.39 is 266 Å². The Hall–Kier alpha value is -13.5. The Bertz CT molecular complexity index is 5030. The number of nitrogens with two attached hydrogens (primary N) is 5. The van der Waals surface area contributed by atoms with E-state index in [2.05, 4.69) is 68.5 Å². The van der Waals surface area contributed by atoms with E-state index in [1.54, 1.807) is 60.9 Å². The van der Waals surface area contributed by atoms with Crippen molar-refractivity contribution < 1.29 is 102 Å². The van der Waals surface area contributed by atoms with Crippen molar-refractivity contribution >= 4 is 146 Å². The maximum atomic E-state index is 15.7. The Labute approximate surface area is 771 Å². The van der Waals surface area contributed by atoms with Crippen LogP contribution in [-0.4, -0.2) is 325 Å². The van der Waals surface area contributed by atoms with E-state index in [4.69, 9.17) is 34.1 Å². The first-order chi connectivity index (χ1) is 63.3. The van der Waals surface area contributed by atoms with Crippen LogP contribution in [0.4, 0.5) is 0 Å². The van der Waals surface area contributed by atoms with E-state index >= 15 is 33.6 Å². The van der Waals surface area contributed by atoms with Crippen molar-refractivity contribution in [1.82, 2.24) is 93.0 Å². The number of primary amides is 3. The van der Waals surface area contributed by atoms with Crippen molar-refractivity contribution in [3.8, 4) is 5.75 Å². The van der Waals surface area contributed by atoms with E-state index in [0.717, 1.165) is 36.3 Å². The minimum absolute atomic E-state index is 0.0233. The lowest BCUT2D eigenvalue weighted by Crippen LogP contribution is -2.62. The number of aromatic nitrogens is 2. The summed E-state index contributed by atoms with van der Waals surface area (Å²) in [5.41, 5.74) is 30.9. The van der Waals surface area contributed by atoms with E-state index in [0.29, 0.717) is 64.2 Å². The number of hydrogen-bond donors (Lipinski definition) is 22. The van der Waals surface area contributed by atoms with Gasteiger partial charge in [-0.3, -0.25) is 91.7 Å². The molecule has 0 bridgehead atoms. The van der Waals surface area contributed by atoms with Crippen LogP contribution in [-0.2, 0) is 106 Å². The van der Waals surface area contributed by atoms with Crippen molar-refractivity contribution in [2.75, 3.05) is 72.0 Å². The molecule has 0 saturated carbocycles. The SMILES string of the molecule is CCCC[C@H]1C(=O)N(C)[C@@H](CCCC)C(=O)N[C@@H](CCCNC(=N)N)C(=O)N[C@H](C(=O)NCC(N)=O)CSCC(=O)N[C@@H](Cc2ccc(O)cc2)C(=O)N(C)[C@@H](C)C(=O)N[C@@H](CC(N)=O)C(=O)N2CCC[C@H]2C(=O)N[C@@H](CN)C(=O)N[C@@H](CCC(N)=O)C(=O)N2C[C@H](O)C[C@H]2C(=O)N[C@@H](Cc2c[nH]c3ccccc23)C(=O)N[C@@H](CO)C(=O)N[C@@H](Cc2c[nH]c3ccccc23)C(=O)N1C. The molecule has 5 heterocycles. The number of nitrogens with zero attached hydrogens (tertiary/aromatic N) is 5. The van der Waals surface area contributed by atoms with Crippen LogP contribution < -0.4 is 87.2 Å². The summed E-state index contributed by atoms with van der Waals surface area (Å²) in [5.74, 6) is -19.6. The highest BCUT2D eigenvalue weighted by Crippen LogP contribution is 2.28. The maximum Gasteiger partial charge on any atom is 0.246 e. The van der Waals surface area contributed by atoms with Gasteiger partial charge in [0.25, 0.3) is 0 Å². The number of aliphatic hydroxyl groups is 2. The van der Waals surface area contributed by atoms with Gasteiger partial charge in [0.15, 0.2) is 5.96 Å². The molecule has 0 radical (unpaired) electrons. The molecular formula is C87H124N24O21S. The fourth-order valence-corrected chi connectivity index (χ4v) is 16.9. The molecule has 133 heavy (non-hydrogen) atoms. The number of benzene rings is 3. The predicted octanol–water partition coefficient (Wildman–Crippen LogP) is -5.72. The number of phenolic OH excluding ortho intramolecular Hbond substituents is 1. The molecule has 0 aliphatic carbocycles. The molecule has 45 nitrogen and oxygen atoms in total. The van der Waals surface area contributed by atoms with Gasteiger partial charge in [0.2, 0.25) is 106 Å². The van der Waals surface area contributed by atoms with Crippen LogP contribution in [0, 0.1) is 5.41 Å². The van der Waals surface area contributed by atoms with Gasteiger partial charge in [-0.25, -0.2) is 0 Å². The quantitative estimate of drug-likeness (QED) is 0.0139. The lowest BCUT2D eigenvalue weighted by Gasteiger charge is -2.36. The fraction of sp³-hybridized carbons (Fsp3) is 0.529. The van der Waals surface area contributed by atoms with Gasteiger partial charge in [-0.1, -0.05) is 88.1 Å². The van der Waals surface area contributed by atoms with Gasteiger partial charge in [0.1, 0.15) is 90.3 Å². The largest absolute Gasteiger partial charge is 0.508 e. The van der Waals surface area contributed by atoms with Crippen LogP contribution >= 0.6 is 11.8 Å². The first-order valence-electron chi connectivity index (χ1n) is 44.1. The van der Waals surface area contributed by atoms with Gasteiger partial charge in [0, 0.05) is 119 Å². The first-order valence-corrected chi connectivity index (χ1v) is 45.2. The molecule has 3 aliphatic heterocycles. The summed E-state index contributed by atoms with van der Waals surface area (Å²) in [7, 11) is 3.84. The number of amides is 18. The molecule has 0 unspecified atom stereocenters. The molecule has 2 aromatic heterocycles. The number of para-hydroxylation sites is 2. The number of aliphatic hydroxyl groups excluding tert-OH is 2. The van der Waals surface area contributed by atoms with Gasteiger partial charge in [-0.2, -0.15) is 0 Å². The molecule has 3 fully saturated rings. The second-order valence-corrected chi connectivity index (χ2v) is 34.3. The van der Waals surface area contributed by atoms with Crippen molar-refractivity contribution in [3.63, 3.8) is 0 Å². The number of guanidine groups is 1. The molecule has 8 rings (SSSR count). The number of aromatic hydroxyl groups is 1. The van der Waals surface area contributed by atoms with Gasteiger partial charge in [-0.05, 0) is 92.8 Å². The molecule has 3 aromatic carbocycles. The van der Waals surface area contributed by atoms with Gasteiger partial charge < -0.3 is 137 Å². The Kier molecular flexibility index (Phi) is 39.6. The Morgan fingerprint density at radius 2 is 1.05 bits per heavy atom. The number of carbonyl (C=O) groups is 18. The zero-order valence-corrected chi connectivity index (χ0v) is 76.0.